The van der Waals surface area contributed by atoms with Crippen LogP contribution in [0.4, 0.5) is 5.13 Å². The standard InChI is InChI=1S/C29H28N2O6S/c1-6-14-37-21-13-12-20(15-17(21)4)24(32)22-23(19-10-8-16(3)9-11-19)31(27(34)25(22)33)29-30-18(5)26(38-29)28(35)36-7-2/h6,8-13,15,23,32H,1,7,14H2,2-5H3/t23-/m0/s1. The van der Waals surface area contributed by atoms with Crippen molar-refractivity contribution in [1.29, 1.82) is 0 Å². The minimum atomic E-state index is -0.951. The molecule has 1 amide bonds. The van der Waals surface area contributed by atoms with E-state index < -0.39 is 23.7 Å². The Morgan fingerprint density at radius 2 is 1.87 bits per heavy atom. The van der Waals surface area contributed by atoms with Gasteiger partial charge < -0.3 is 14.6 Å². The van der Waals surface area contributed by atoms with E-state index in [4.69, 9.17) is 9.47 Å². The van der Waals surface area contributed by atoms with Crippen LogP contribution in [0.15, 0.2) is 60.7 Å². The number of benzene rings is 2. The molecule has 0 saturated carbocycles. The van der Waals surface area contributed by atoms with Crippen LogP contribution < -0.4 is 9.64 Å². The smallest absolute Gasteiger partial charge is 0.350 e. The van der Waals surface area contributed by atoms with Crippen molar-refractivity contribution in [3.63, 3.8) is 0 Å². The molecule has 3 aromatic rings. The molecule has 0 aliphatic carbocycles. The Morgan fingerprint density at radius 3 is 2.50 bits per heavy atom. The van der Waals surface area contributed by atoms with Gasteiger partial charge in [0.25, 0.3) is 5.78 Å². The van der Waals surface area contributed by atoms with Gasteiger partial charge >= 0.3 is 11.9 Å². The van der Waals surface area contributed by atoms with Crippen LogP contribution in [0.3, 0.4) is 0 Å². The number of amides is 1. The van der Waals surface area contributed by atoms with E-state index in [-0.39, 0.29) is 27.9 Å². The molecule has 196 valence electrons. The summed E-state index contributed by atoms with van der Waals surface area (Å²) < 4.78 is 10.7. The molecular formula is C29H28N2O6S. The number of nitrogens with zero attached hydrogens (tertiary/aromatic N) is 2. The lowest BCUT2D eigenvalue weighted by Crippen LogP contribution is -2.29. The number of aliphatic hydroxyl groups is 1. The molecule has 1 aromatic heterocycles. The van der Waals surface area contributed by atoms with E-state index in [0.717, 1.165) is 22.5 Å². The highest BCUT2D eigenvalue weighted by molar-refractivity contribution is 7.17. The Labute approximate surface area is 224 Å². The first-order valence-corrected chi connectivity index (χ1v) is 12.9. The zero-order chi connectivity index (χ0) is 27.6. The van der Waals surface area contributed by atoms with Gasteiger partial charge in [0, 0.05) is 5.56 Å². The molecule has 1 saturated heterocycles. The van der Waals surface area contributed by atoms with Gasteiger partial charge in [0.05, 0.1) is 23.9 Å². The van der Waals surface area contributed by atoms with Crippen molar-refractivity contribution in [2.45, 2.75) is 33.7 Å². The first-order chi connectivity index (χ1) is 18.2. The summed E-state index contributed by atoms with van der Waals surface area (Å²) in [6.45, 7) is 11.2. The number of hydrogen-bond donors (Lipinski definition) is 1. The molecule has 0 radical (unpaired) electrons. The topological polar surface area (TPSA) is 106 Å². The highest BCUT2D eigenvalue weighted by Gasteiger charge is 2.48. The molecule has 4 rings (SSSR count). The number of ketones is 1. The van der Waals surface area contributed by atoms with Gasteiger partial charge in [0.15, 0.2) is 5.13 Å². The quantitative estimate of drug-likeness (QED) is 0.135. The van der Waals surface area contributed by atoms with E-state index in [9.17, 15) is 19.5 Å². The van der Waals surface area contributed by atoms with Crippen molar-refractivity contribution in [3.8, 4) is 5.75 Å². The lowest BCUT2D eigenvalue weighted by atomic mass is 9.94. The van der Waals surface area contributed by atoms with Gasteiger partial charge in [0.1, 0.15) is 23.0 Å². The molecule has 2 aromatic carbocycles. The molecule has 1 aliphatic rings. The van der Waals surface area contributed by atoms with Crippen molar-refractivity contribution >= 4 is 39.9 Å². The van der Waals surface area contributed by atoms with Crippen molar-refractivity contribution in [2.24, 2.45) is 0 Å². The maximum absolute atomic E-state index is 13.4. The van der Waals surface area contributed by atoms with E-state index in [1.807, 2.05) is 26.0 Å². The average Bonchev–Trinajstić information content (AvgIpc) is 3.40. The summed E-state index contributed by atoms with van der Waals surface area (Å²) in [5.74, 6) is -1.94. The van der Waals surface area contributed by atoms with Crippen LogP contribution in [0.2, 0.25) is 0 Å². The Hall–Kier alpha value is -4.24. The summed E-state index contributed by atoms with van der Waals surface area (Å²) in [5.41, 5.74) is 3.04. The number of thiazole rings is 1. The van der Waals surface area contributed by atoms with Crippen LogP contribution in [0, 0.1) is 20.8 Å². The second kappa shape index (κ2) is 11.0. The number of anilines is 1. The van der Waals surface area contributed by atoms with Crippen molar-refractivity contribution in [2.75, 3.05) is 18.1 Å². The number of hydrogen-bond acceptors (Lipinski definition) is 8. The Kier molecular flexibility index (Phi) is 7.78. The number of aromatic nitrogens is 1. The summed E-state index contributed by atoms with van der Waals surface area (Å²) in [6, 6.07) is 11.4. The van der Waals surface area contributed by atoms with Crippen LogP contribution in [-0.4, -0.2) is 41.0 Å². The van der Waals surface area contributed by atoms with E-state index in [1.54, 1.807) is 50.3 Å². The van der Waals surface area contributed by atoms with E-state index in [1.165, 1.54) is 4.90 Å². The number of Topliss-reactive ketones (excluding diaryl/α,β-unsaturated/α-hetero) is 1. The van der Waals surface area contributed by atoms with Crippen LogP contribution >= 0.6 is 11.3 Å². The Balaban J connectivity index is 1.87. The number of esters is 1. The van der Waals surface area contributed by atoms with Crippen LogP contribution in [-0.2, 0) is 14.3 Å². The van der Waals surface area contributed by atoms with E-state index >= 15 is 0 Å². The normalized spacial score (nSPS) is 16.5. The lowest BCUT2D eigenvalue weighted by molar-refractivity contribution is -0.132. The number of carbonyl (C=O) groups excluding carboxylic acids is 3. The van der Waals surface area contributed by atoms with Gasteiger partial charge in [-0.1, -0.05) is 53.8 Å². The molecular weight excluding hydrogens is 504 g/mol. The molecule has 0 unspecified atom stereocenters. The zero-order valence-electron chi connectivity index (χ0n) is 21.6. The maximum atomic E-state index is 13.4. The monoisotopic (exact) mass is 532 g/mol. The minimum absolute atomic E-state index is 0.0662. The molecule has 1 N–H and O–H groups in total. The third-order valence-corrected chi connectivity index (χ3v) is 7.23. The van der Waals surface area contributed by atoms with Crippen LogP contribution in [0.1, 0.15) is 50.6 Å². The maximum Gasteiger partial charge on any atom is 0.350 e. The van der Waals surface area contributed by atoms with Gasteiger partial charge in [-0.15, -0.1) is 0 Å². The predicted octanol–water partition coefficient (Wildman–Crippen LogP) is 5.44. The summed E-state index contributed by atoms with van der Waals surface area (Å²) in [4.78, 5) is 45.2. The summed E-state index contributed by atoms with van der Waals surface area (Å²) in [6.07, 6.45) is 1.63. The Bertz CT molecular complexity index is 1450. The molecule has 1 atom stereocenters. The predicted molar refractivity (Wildman–Crippen MR) is 146 cm³/mol. The molecule has 8 nitrogen and oxygen atoms in total. The number of aryl methyl sites for hydroxylation is 3. The molecule has 1 fully saturated rings. The second-order valence-corrected chi connectivity index (χ2v) is 9.77. The average molecular weight is 533 g/mol. The summed E-state index contributed by atoms with van der Waals surface area (Å²) in [5, 5.41) is 11.6. The fraction of sp³-hybridized carbons (Fsp3) is 0.241. The highest BCUT2D eigenvalue weighted by Crippen LogP contribution is 2.44. The minimum Gasteiger partial charge on any atom is -0.507 e. The molecule has 9 heteroatoms. The van der Waals surface area contributed by atoms with Crippen LogP contribution in [0.25, 0.3) is 5.76 Å². The first-order valence-electron chi connectivity index (χ1n) is 12.0. The number of rotatable bonds is 8. The molecule has 0 bridgehead atoms. The van der Waals surface area contributed by atoms with Gasteiger partial charge in [-0.2, -0.15) is 0 Å². The van der Waals surface area contributed by atoms with Gasteiger partial charge in [-0.05, 0) is 57.0 Å². The third-order valence-electron chi connectivity index (χ3n) is 6.09. The third kappa shape index (κ3) is 4.97. The molecule has 1 aliphatic heterocycles. The van der Waals surface area contributed by atoms with Gasteiger partial charge in [0.2, 0.25) is 0 Å². The lowest BCUT2D eigenvalue weighted by Gasteiger charge is -2.23. The Morgan fingerprint density at radius 1 is 1.16 bits per heavy atom. The second-order valence-electron chi connectivity index (χ2n) is 8.79. The van der Waals surface area contributed by atoms with Crippen molar-refractivity contribution in [1.82, 2.24) is 4.98 Å². The summed E-state index contributed by atoms with van der Waals surface area (Å²) >= 11 is 0.972. The van der Waals surface area contributed by atoms with Gasteiger partial charge in [-0.25, -0.2) is 9.78 Å². The van der Waals surface area contributed by atoms with Gasteiger partial charge in [-0.3, -0.25) is 14.5 Å². The van der Waals surface area contributed by atoms with E-state index in [0.29, 0.717) is 29.2 Å². The SMILES string of the molecule is C=CCOc1ccc(C(O)=C2C(=O)C(=O)N(c3nc(C)c(C(=O)OCC)s3)[C@H]2c2ccc(C)cc2)cc1C. The number of ether oxygens (including phenoxy) is 2. The number of aliphatic hydroxyl groups excluding tert-OH is 1. The molecule has 0 spiro atoms. The largest absolute Gasteiger partial charge is 0.507 e. The first kappa shape index (κ1) is 26.8. The molecule has 38 heavy (non-hydrogen) atoms. The fourth-order valence-electron chi connectivity index (χ4n) is 4.23. The van der Waals surface area contributed by atoms with E-state index in [2.05, 4.69) is 11.6 Å². The van der Waals surface area contributed by atoms with Crippen molar-refractivity contribution < 1.29 is 29.0 Å². The van der Waals surface area contributed by atoms with Crippen molar-refractivity contribution in [3.05, 3.63) is 93.5 Å². The zero-order valence-corrected chi connectivity index (χ0v) is 22.4. The van der Waals surface area contributed by atoms with Crippen LogP contribution in [0.5, 0.6) is 5.75 Å². The summed E-state index contributed by atoms with van der Waals surface area (Å²) in [7, 11) is 0. The number of carbonyl (C=O) groups is 3. The highest BCUT2D eigenvalue weighted by atomic mass is 32.1. The fourth-order valence-corrected chi connectivity index (χ4v) is 5.22. The molecule has 2 heterocycles.